The van der Waals surface area contributed by atoms with Gasteiger partial charge in [-0.1, -0.05) is 13.3 Å². The molecule has 23 heavy (non-hydrogen) atoms. The number of hydrogen-bond acceptors (Lipinski definition) is 4. The lowest BCUT2D eigenvalue weighted by atomic mass is 9.95. The molecule has 1 saturated carbocycles. The molecule has 0 radical (unpaired) electrons. The Morgan fingerprint density at radius 2 is 2.13 bits per heavy atom. The van der Waals surface area contributed by atoms with Crippen molar-refractivity contribution in [2.45, 2.75) is 62.8 Å². The average Bonchev–Trinajstić information content (AvgIpc) is 3.10. The largest absolute Gasteiger partial charge is 0.335 e. The molecule has 6 nitrogen and oxygen atoms in total. The summed E-state index contributed by atoms with van der Waals surface area (Å²) in [5.74, 6) is 1.17. The number of carbonyl (C=O) groups is 1. The van der Waals surface area contributed by atoms with Crippen molar-refractivity contribution in [2.75, 3.05) is 18.8 Å². The highest BCUT2D eigenvalue weighted by Gasteiger charge is 2.28. The Balaban J connectivity index is 1.44. The van der Waals surface area contributed by atoms with Gasteiger partial charge in [0.2, 0.25) is 0 Å². The molecule has 7 heteroatoms. The van der Waals surface area contributed by atoms with Crippen molar-refractivity contribution in [3.8, 4) is 0 Å². The van der Waals surface area contributed by atoms with Gasteiger partial charge in [0.15, 0.2) is 0 Å². The number of nitrogens with one attached hydrogen (secondary N) is 1. The molecule has 1 aliphatic heterocycles. The topological polar surface area (TPSA) is 63.1 Å². The van der Waals surface area contributed by atoms with E-state index in [4.69, 9.17) is 0 Å². The summed E-state index contributed by atoms with van der Waals surface area (Å²) in [6.07, 6.45) is 10.0. The van der Waals surface area contributed by atoms with Gasteiger partial charge in [-0.25, -0.2) is 14.5 Å². The molecule has 1 N–H and O–H groups in total. The van der Waals surface area contributed by atoms with Crippen LogP contribution in [0.1, 0.15) is 51.5 Å². The summed E-state index contributed by atoms with van der Waals surface area (Å²) in [7, 11) is 0. The lowest BCUT2D eigenvalue weighted by molar-refractivity contribution is 0.163. The maximum Gasteiger partial charge on any atom is 0.317 e. The summed E-state index contributed by atoms with van der Waals surface area (Å²) in [6, 6.07) is 0.851. The minimum Gasteiger partial charge on any atom is -0.335 e. The van der Waals surface area contributed by atoms with Gasteiger partial charge in [0.05, 0.1) is 6.04 Å². The van der Waals surface area contributed by atoms with Crippen LogP contribution >= 0.6 is 11.8 Å². The summed E-state index contributed by atoms with van der Waals surface area (Å²) in [4.78, 5) is 18.5. The molecular weight excluding hydrogens is 310 g/mol. The Labute approximate surface area is 142 Å². The number of likely N-dealkylation sites (tertiary alicyclic amines) is 1. The van der Waals surface area contributed by atoms with Crippen LogP contribution in [0.5, 0.6) is 0 Å². The maximum atomic E-state index is 12.5. The first kappa shape index (κ1) is 16.6. The molecule has 2 amide bonds. The van der Waals surface area contributed by atoms with Crippen LogP contribution in [0, 0.1) is 0 Å². The Morgan fingerprint density at radius 3 is 2.83 bits per heavy atom. The standard InChI is InChI=1S/C16H27N5OS/c1-2-23-15-5-3-4-13(10-15)19-16(22)20-8-6-14(7-9-20)21-12-17-11-18-21/h11-15H,2-10H2,1H3,(H,19,22). The summed E-state index contributed by atoms with van der Waals surface area (Å²) < 4.78 is 1.92. The van der Waals surface area contributed by atoms with E-state index in [-0.39, 0.29) is 6.03 Å². The van der Waals surface area contributed by atoms with Crippen LogP contribution in [0.4, 0.5) is 4.79 Å². The van der Waals surface area contributed by atoms with Gasteiger partial charge in [-0.3, -0.25) is 0 Å². The summed E-state index contributed by atoms with van der Waals surface area (Å²) >= 11 is 2.04. The van der Waals surface area contributed by atoms with Gasteiger partial charge in [0.25, 0.3) is 0 Å². The first-order valence-corrected chi connectivity index (χ1v) is 9.82. The van der Waals surface area contributed by atoms with Crippen LogP contribution in [0.2, 0.25) is 0 Å². The van der Waals surface area contributed by atoms with Crippen LogP contribution in [-0.4, -0.2) is 55.8 Å². The van der Waals surface area contributed by atoms with Crippen molar-refractivity contribution in [1.82, 2.24) is 25.0 Å². The zero-order chi connectivity index (χ0) is 16.1. The van der Waals surface area contributed by atoms with E-state index in [0.717, 1.165) is 44.0 Å². The third kappa shape index (κ3) is 4.40. The second-order valence-electron chi connectivity index (χ2n) is 6.48. The van der Waals surface area contributed by atoms with Gasteiger partial charge in [-0.2, -0.15) is 16.9 Å². The number of amides is 2. The third-order valence-corrected chi connectivity index (χ3v) is 6.15. The van der Waals surface area contributed by atoms with Crippen LogP contribution in [0.15, 0.2) is 12.7 Å². The van der Waals surface area contributed by atoms with Gasteiger partial charge in [0, 0.05) is 24.4 Å². The van der Waals surface area contributed by atoms with Gasteiger partial charge in [-0.15, -0.1) is 0 Å². The SMILES string of the molecule is CCSC1CCCC(NC(=O)N2CCC(n3cncn3)CC2)C1. The van der Waals surface area contributed by atoms with E-state index in [1.807, 2.05) is 21.3 Å². The molecule has 0 bridgehead atoms. The lowest BCUT2D eigenvalue weighted by Crippen LogP contribution is -2.49. The number of piperidine rings is 1. The number of carbonyl (C=O) groups excluding carboxylic acids is 1. The van der Waals surface area contributed by atoms with Crippen molar-refractivity contribution in [2.24, 2.45) is 0 Å². The Bertz CT molecular complexity index is 485. The highest BCUT2D eigenvalue weighted by molar-refractivity contribution is 7.99. The highest BCUT2D eigenvalue weighted by atomic mass is 32.2. The lowest BCUT2D eigenvalue weighted by Gasteiger charge is -2.35. The molecule has 1 saturated heterocycles. The molecular formula is C16H27N5OS. The van der Waals surface area contributed by atoms with E-state index >= 15 is 0 Å². The van der Waals surface area contributed by atoms with E-state index in [9.17, 15) is 4.79 Å². The minimum atomic E-state index is 0.120. The van der Waals surface area contributed by atoms with Crippen molar-refractivity contribution < 1.29 is 4.79 Å². The van der Waals surface area contributed by atoms with Gasteiger partial charge in [0.1, 0.15) is 12.7 Å². The van der Waals surface area contributed by atoms with Gasteiger partial charge < -0.3 is 10.2 Å². The molecule has 1 aliphatic carbocycles. The number of nitrogens with zero attached hydrogens (tertiary/aromatic N) is 4. The number of urea groups is 1. The van der Waals surface area contributed by atoms with Crippen LogP contribution in [-0.2, 0) is 0 Å². The van der Waals surface area contributed by atoms with Crippen LogP contribution in [0.3, 0.4) is 0 Å². The van der Waals surface area contributed by atoms with E-state index in [0.29, 0.717) is 12.1 Å². The number of thioether (sulfide) groups is 1. The molecule has 128 valence electrons. The molecule has 2 fully saturated rings. The first-order chi connectivity index (χ1) is 11.3. The number of aromatic nitrogens is 3. The maximum absolute atomic E-state index is 12.5. The van der Waals surface area contributed by atoms with Crippen molar-refractivity contribution in [3.63, 3.8) is 0 Å². The molecule has 0 aromatic carbocycles. The fourth-order valence-corrected chi connectivity index (χ4v) is 4.84. The second kappa shape index (κ2) is 8.04. The van der Waals surface area contributed by atoms with Crippen LogP contribution in [0.25, 0.3) is 0 Å². The Kier molecular flexibility index (Phi) is 5.80. The average molecular weight is 337 g/mol. The zero-order valence-electron chi connectivity index (χ0n) is 13.9. The van der Waals surface area contributed by atoms with E-state index < -0.39 is 0 Å². The molecule has 2 heterocycles. The molecule has 1 aromatic heterocycles. The molecule has 3 rings (SSSR count). The fourth-order valence-electron chi connectivity index (χ4n) is 3.67. The van der Waals surface area contributed by atoms with E-state index in [2.05, 4.69) is 22.3 Å². The summed E-state index contributed by atoms with van der Waals surface area (Å²) in [6.45, 7) is 3.82. The smallest absolute Gasteiger partial charge is 0.317 e. The number of hydrogen-bond donors (Lipinski definition) is 1. The fraction of sp³-hybridized carbons (Fsp3) is 0.812. The molecule has 2 atom stereocenters. The van der Waals surface area contributed by atoms with Gasteiger partial charge in [-0.05, 0) is 37.9 Å². The Hall–Kier alpha value is -1.24. The normalized spacial score (nSPS) is 26.2. The van der Waals surface area contributed by atoms with Crippen molar-refractivity contribution >= 4 is 17.8 Å². The summed E-state index contributed by atoms with van der Waals surface area (Å²) in [5.41, 5.74) is 0. The zero-order valence-corrected chi connectivity index (χ0v) is 14.7. The third-order valence-electron chi connectivity index (χ3n) is 4.92. The number of rotatable bonds is 4. The monoisotopic (exact) mass is 337 g/mol. The Morgan fingerprint density at radius 1 is 1.30 bits per heavy atom. The minimum absolute atomic E-state index is 0.120. The molecule has 2 unspecified atom stereocenters. The highest BCUT2D eigenvalue weighted by Crippen LogP contribution is 2.28. The van der Waals surface area contributed by atoms with E-state index in [1.54, 1.807) is 12.7 Å². The molecule has 1 aromatic rings. The molecule has 0 spiro atoms. The quantitative estimate of drug-likeness (QED) is 0.917. The van der Waals surface area contributed by atoms with Gasteiger partial charge >= 0.3 is 6.03 Å². The molecule has 2 aliphatic rings. The van der Waals surface area contributed by atoms with Crippen LogP contribution < -0.4 is 5.32 Å². The van der Waals surface area contributed by atoms with Crippen molar-refractivity contribution in [3.05, 3.63) is 12.7 Å². The second-order valence-corrected chi connectivity index (χ2v) is 8.06. The summed E-state index contributed by atoms with van der Waals surface area (Å²) in [5, 5.41) is 8.20. The first-order valence-electron chi connectivity index (χ1n) is 8.77. The predicted octanol–water partition coefficient (Wildman–Crippen LogP) is 2.69. The predicted molar refractivity (Wildman–Crippen MR) is 92.6 cm³/mol. The van der Waals surface area contributed by atoms with E-state index in [1.165, 1.54) is 18.6 Å². The van der Waals surface area contributed by atoms with Crippen molar-refractivity contribution in [1.29, 1.82) is 0 Å².